The average Bonchev–Trinajstić information content (AvgIpc) is 2.80. The summed E-state index contributed by atoms with van der Waals surface area (Å²) in [5.41, 5.74) is 1.74. The minimum absolute atomic E-state index is 0.0537. The first-order valence-corrected chi connectivity index (χ1v) is 12.9. The summed E-state index contributed by atoms with van der Waals surface area (Å²) < 4.78 is 34.8. The molecule has 0 saturated carbocycles. The number of aliphatic hydroxyl groups is 2. The molecule has 34 heavy (non-hydrogen) atoms. The second kappa shape index (κ2) is 11.3. The Morgan fingerprint density at radius 2 is 1.91 bits per heavy atom. The van der Waals surface area contributed by atoms with Crippen molar-refractivity contribution < 1.29 is 23.4 Å². The van der Waals surface area contributed by atoms with Gasteiger partial charge in [0, 0.05) is 37.2 Å². The van der Waals surface area contributed by atoms with Gasteiger partial charge in [-0.25, -0.2) is 8.42 Å². The number of benzene rings is 2. The monoisotopic (exact) mass is 486 g/mol. The summed E-state index contributed by atoms with van der Waals surface area (Å²) >= 11 is 0. The first-order valence-electron chi connectivity index (χ1n) is 11.5. The second-order valence-corrected chi connectivity index (χ2v) is 10.9. The van der Waals surface area contributed by atoms with Crippen molar-refractivity contribution in [1.29, 1.82) is 0 Å². The molecule has 1 aliphatic rings. The van der Waals surface area contributed by atoms with Crippen LogP contribution in [0, 0.1) is 17.8 Å². The zero-order valence-electron chi connectivity index (χ0n) is 20.2. The Morgan fingerprint density at radius 1 is 1.21 bits per heavy atom. The molecular weight excluding hydrogens is 452 g/mol. The normalized spacial score (nSPS) is 21.9. The fourth-order valence-corrected chi connectivity index (χ4v) is 5.80. The van der Waals surface area contributed by atoms with Crippen molar-refractivity contribution in [3.8, 4) is 17.6 Å². The lowest BCUT2D eigenvalue weighted by molar-refractivity contribution is 0.0733. The summed E-state index contributed by atoms with van der Waals surface area (Å²) in [7, 11) is -1.89. The quantitative estimate of drug-likeness (QED) is 0.609. The molecule has 2 N–H and O–H groups in total. The van der Waals surface area contributed by atoms with Crippen LogP contribution >= 0.6 is 0 Å². The van der Waals surface area contributed by atoms with Crippen LogP contribution in [-0.4, -0.2) is 72.8 Å². The molecular formula is C26H34N2O5S. The average molecular weight is 487 g/mol. The number of hydrogen-bond acceptors (Lipinski definition) is 6. The fourth-order valence-electron chi connectivity index (χ4n) is 3.98. The molecule has 0 unspecified atom stereocenters. The van der Waals surface area contributed by atoms with E-state index in [1.165, 1.54) is 15.9 Å². The van der Waals surface area contributed by atoms with Crippen LogP contribution in [-0.2, 0) is 16.6 Å². The maximum Gasteiger partial charge on any atom is 0.247 e. The van der Waals surface area contributed by atoms with Crippen molar-refractivity contribution in [3.63, 3.8) is 0 Å². The van der Waals surface area contributed by atoms with Gasteiger partial charge in [-0.05, 0) is 44.7 Å². The smallest absolute Gasteiger partial charge is 0.247 e. The lowest BCUT2D eigenvalue weighted by Gasteiger charge is -2.37. The molecule has 0 radical (unpaired) electrons. The highest BCUT2D eigenvalue weighted by Crippen LogP contribution is 2.34. The zero-order chi connectivity index (χ0) is 24.9. The van der Waals surface area contributed by atoms with Crippen LogP contribution in [0.1, 0.15) is 31.9 Å². The van der Waals surface area contributed by atoms with E-state index in [4.69, 9.17) is 4.74 Å². The van der Waals surface area contributed by atoms with Crippen molar-refractivity contribution in [2.24, 2.45) is 5.92 Å². The number of hydrogen-bond donors (Lipinski definition) is 2. The molecule has 184 valence electrons. The van der Waals surface area contributed by atoms with E-state index in [0.29, 0.717) is 12.1 Å². The first kappa shape index (κ1) is 26.2. The standard InChI is InChI=1S/C26H34N2O5S/c1-19-15-28(20(2)18-29)34(31,32)26-13-12-22(11-10-21(3)30)14-24(26)33-25(19)17-27(4)16-23-8-6-5-7-9-23/h5-9,12-14,19-21,25,29-30H,15-18H2,1-4H3/t19-,20-,21-,25+/m1/s1. The van der Waals surface area contributed by atoms with E-state index < -0.39 is 22.2 Å². The van der Waals surface area contributed by atoms with E-state index in [1.54, 1.807) is 26.0 Å². The number of nitrogens with zero attached hydrogens (tertiary/aromatic N) is 2. The molecule has 0 amide bonds. The van der Waals surface area contributed by atoms with Gasteiger partial charge < -0.3 is 14.9 Å². The van der Waals surface area contributed by atoms with Crippen LogP contribution in [0.5, 0.6) is 5.75 Å². The van der Waals surface area contributed by atoms with Gasteiger partial charge in [0.1, 0.15) is 22.9 Å². The fraction of sp³-hybridized carbons (Fsp3) is 0.462. The van der Waals surface area contributed by atoms with Crippen LogP contribution in [0.4, 0.5) is 0 Å². The minimum Gasteiger partial charge on any atom is -0.487 e. The Hall–Kier alpha value is -2.41. The van der Waals surface area contributed by atoms with E-state index in [0.717, 1.165) is 6.54 Å². The van der Waals surface area contributed by atoms with E-state index in [9.17, 15) is 18.6 Å². The Balaban J connectivity index is 1.99. The van der Waals surface area contributed by atoms with Crippen molar-refractivity contribution in [2.75, 3.05) is 26.7 Å². The molecule has 0 fully saturated rings. The molecule has 1 heterocycles. The highest BCUT2D eigenvalue weighted by atomic mass is 32.2. The third-order valence-corrected chi connectivity index (χ3v) is 7.90. The Labute approximate surface area is 203 Å². The van der Waals surface area contributed by atoms with Crippen molar-refractivity contribution in [1.82, 2.24) is 9.21 Å². The first-order chi connectivity index (χ1) is 16.1. The predicted octanol–water partition coefficient (Wildman–Crippen LogP) is 2.32. The van der Waals surface area contributed by atoms with Crippen LogP contribution in [0.15, 0.2) is 53.4 Å². The van der Waals surface area contributed by atoms with E-state index in [1.807, 2.05) is 32.2 Å². The van der Waals surface area contributed by atoms with Crippen LogP contribution in [0.2, 0.25) is 0 Å². The van der Waals surface area contributed by atoms with Gasteiger partial charge >= 0.3 is 0 Å². The van der Waals surface area contributed by atoms with E-state index >= 15 is 0 Å². The largest absolute Gasteiger partial charge is 0.487 e. The number of sulfonamides is 1. The van der Waals surface area contributed by atoms with Gasteiger partial charge in [-0.3, -0.25) is 4.90 Å². The van der Waals surface area contributed by atoms with E-state index in [-0.39, 0.29) is 35.8 Å². The van der Waals surface area contributed by atoms with Gasteiger partial charge in [0.2, 0.25) is 10.0 Å². The molecule has 3 rings (SSSR count). The molecule has 8 heteroatoms. The molecule has 0 aliphatic carbocycles. The molecule has 1 aliphatic heterocycles. The van der Waals surface area contributed by atoms with Gasteiger partial charge in [0.25, 0.3) is 0 Å². The highest BCUT2D eigenvalue weighted by molar-refractivity contribution is 7.89. The van der Waals surface area contributed by atoms with Gasteiger partial charge in [-0.2, -0.15) is 4.31 Å². The van der Waals surface area contributed by atoms with Crippen LogP contribution < -0.4 is 4.74 Å². The minimum atomic E-state index is -3.90. The summed E-state index contributed by atoms with van der Waals surface area (Å²) in [4.78, 5) is 2.21. The van der Waals surface area contributed by atoms with Gasteiger partial charge in [0.05, 0.1) is 6.61 Å². The summed E-state index contributed by atoms with van der Waals surface area (Å²) in [6, 6.07) is 14.3. The molecule has 7 nitrogen and oxygen atoms in total. The van der Waals surface area contributed by atoms with Gasteiger partial charge in [-0.1, -0.05) is 49.1 Å². The van der Waals surface area contributed by atoms with Crippen molar-refractivity contribution in [2.45, 2.75) is 50.5 Å². The number of fused-ring (bicyclic) bond motifs is 1. The highest BCUT2D eigenvalue weighted by Gasteiger charge is 2.38. The zero-order valence-corrected chi connectivity index (χ0v) is 21.0. The second-order valence-electron chi connectivity index (χ2n) is 9.03. The molecule has 2 aromatic rings. The van der Waals surface area contributed by atoms with Crippen LogP contribution in [0.3, 0.4) is 0 Å². The molecule has 2 aromatic carbocycles. The van der Waals surface area contributed by atoms with Crippen molar-refractivity contribution in [3.05, 3.63) is 59.7 Å². The van der Waals surface area contributed by atoms with Gasteiger partial charge in [-0.15, -0.1) is 0 Å². The molecule has 0 bridgehead atoms. The number of likely N-dealkylation sites (N-methyl/N-ethyl adjacent to an activating group) is 1. The van der Waals surface area contributed by atoms with Crippen molar-refractivity contribution >= 4 is 10.0 Å². The third kappa shape index (κ3) is 6.38. The Kier molecular flexibility index (Phi) is 8.74. The molecule has 4 atom stereocenters. The summed E-state index contributed by atoms with van der Waals surface area (Å²) in [6.07, 6.45) is -1.09. The lowest BCUT2D eigenvalue weighted by Crippen LogP contribution is -2.49. The Bertz CT molecular complexity index is 1120. The lowest BCUT2D eigenvalue weighted by atomic mass is 10.0. The number of rotatable bonds is 6. The third-order valence-electron chi connectivity index (χ3n) is 5.88. The number of aliphatic hydroxyl groups excluding tert-OH is 2. The Morgan fingerprint density at radius 3 is 2.56 bits per heavy atom. The maximum atomic E-state index is 13.5. The van der Waals surface area contributed by atoms with E-state index in [2.05, 4.69) is 28.9 Å². The maximum absolute atomic E-state index is 13.5. The summed E-state index contributed by atoms with van der Waals surface area (Å²) in [6.45, 7) is 6.50. The molecule has 0 aromatic heterocycles. The number of ether oxygens (including phenoxy) is 1. The van der Waals surface area contributed by atoms with Crippen LogP contribution in [0.25, 0.3) is 0 Å². The predicted molar refractivity (Wildman–Crippen MR) is 132 cm³/mol. The summed E-state index contributed by atoms with van der Waals surface area (Å²) in [5, 5.41) is 19.3. The molecule has 0 spiro atoms. The summed E-state index contributed by atoms with van der Waals surface area (Å²) in [5.74, 6) is 5.64. The topological polar surface area (TPSA) is 90.3 Å². The SMILES string of the molecule is C[C@@H]1CN([C@H](C)CO)S(=O)(=O)c2ccc(C#C[C@@H](C)O)cc2O[C@H]1CN(C)Cc1ccccc1. The van der Waals surface area contributed by atoms with Gasteiger partial charge in [0.15, 0.2) is 0 Å². The molecule has 0 saturated heterocycles.